The van der Waals surface area contributed by atoms with E-state index in [0.29, 0.717) is 19.3 Å². The Labute approximate surface area is 171 Å². The van der Waals surface area contributed by atoms with E-state index in [0.717, 1.165) is 41.0 Å². The van der Waals surface area contributed by atoms with Crippen molar-refractivity contribution in [2.24, 2.45) is 0 Å². The lowest BCUT2D eigenvalue weighted by atomic mass is 9.98. The third-order valence-electron chi connectivity index (χ3n) is 5.45. The number of ketones is 1. The number of carbonyl (C=O) groups is 2. The number of benzene rings is 2. The van der Waals surface area contributed by atoms with Crippen LogP contribution < -0.4 is 4.90 Å². The van der Waals surface area contributed by atoms with Crippen molar-refractivity contribution in [3.05, 3.63) is 83.7 Å². The number of hydrogen-bond donors (Lipinski definition) is 0. The molecule has 0 saturated heterocycles. The molecule has 0 N–H and O–H groups in total. The molecule has 0 bridgehead atoms. The summed E-state index contributed by atoms with van der Waals surface area (Å²) in [5, 5.41) is 0. The Hall–Kier alpha value is -3.27. The van der Waals surface area contributed by atoms with Gasteiger partial charge in [-0.15, -0.1) is 0 Å². The summed E-state index contributed by atoms with van der Waals surface area (Å²) in [6.45, 7) is 2.66. The molecular weight excluding hydrogens is 360 g/mol. The molecule has 0 aliphatic carbocycles. The van der Waals surface area contributed by atoms with Crippen LogP contribution in [-0.2, 0) is 17.6 Å². The van der Waals surface area contributed by atoms with E-state index >= 15 is 0 Å². The van der Waals surface area contributed by atoms with Gasteiger partial charge in [-0.3, -0.25) is 14.6 Å². The fourth-order valence-electron chi connectivity index (χ4n) is 3.81. The van der Waals surface area contributed by atoms with Crippen LogP contribution in [0.4, 0.5) is 5.69 Å². The van der Waals surface area contributed by atoms with E-state index < -0.39 is 0 Å². The van der Waals surface area contributed by atoms with Crippen molar-refractivity contribution in [3.63, 3.8) is 0 Å². The summed E-state index contributed by atoms with van der Waals surface area (Å²) in [6, 6.07) is 19.8. The molecule has 2 heterocycles. The highest BCUT2D eigenvalue weighted by atomic mass is 16.2. The van der Waals surface area contributed by atoms with Crippen LogP contribution in [0.25, 0.3) is 11.1 Å². The minimum absolute atomic E-state index is 0.130. The second-order valence-corrected chi connectivity index (χ2v) is 7.31. The summed E-state index contributed by atoms with van der Waals surface area (Å²) in [7, 11) is 0. The van der Waals surface area contributed by atoms with Crippen molar-refractivity contribution in [2.45, 2.75) is 32.6 Å². The smallest absolute Gasteiger partial charge is 0.226 e. The van der Waals surface area contributed by atoms with Gasteiger partial charge >= 0.3 is 0 Å². The molecular formula is C25H24N2O2. The number of aromatic nitrogens is 1. The average molecular weight is 384 g/mol. The van der Waals surface area contributed by atoms with Gasteiger partial charge in [0.15, 0.2) is 5.78 Å². The number of amides is 1. The number of rotatable bonds is 6. The second kappa shape index (κ2) is 8.39. The zero-order chi connectivity index (χ0) is 20.2. The van der Waals surface area contributed by atoms with Gasteiger partial charge in [0.05, 0.1) is 0 Å². The number of aryl methyl sites for hydroxylation is 1. The van der Waals surface area contributed by atoms with Crippen LogP contribution >= 0.6 is 0 Å². The van der Waals surface area contributed by atoms with Crippen molar-refractivity contribution in [1.29, 1.82) is 0 Å². The van der Waals surface area contributed by atoms with E-state index in [9.17, 15) is 9.59 Å². The largest absolute Gasteiger partial charge is 0.312 e. The Morgan fingerprint density at radius 2 is 1.79 bits per heavy atom. The molecule has 4 nitrogen and oxygen atoms in total. The number of fused-ring (bicyclic) bond motifs is 1. The minimum Gasteiger partial charge on any atom is -0.312 e. The molecule has 2 aromatic carbocycles. The highest BCUT2D eigenvalue weighted by Gasteiger charge is 2.23. The summed E-state index contributed by atoms with van der Waals surface area (Å²) >= 11 is 0. The van der Waals surface area contributed by atoms with E-state index in [2.05, 4.69) is 17.1 Å². The zero-order valence-corrected chi connectivity index (χ0v) is 16.6. The third kappa shape index (κ3) is 4.11. The number of nitrogens with zero attached hydrogens (tertiary/aromatic N) is 2. The number of carbonyl (C=O) groups excluding carboxylic acids is 2. The molecule has 146 valence electrons. The standard InChI is InChI=1S/C25H24N2O2/c1-2-25(29)27-16-14-21-17-20(10-12-23(21)27)18-6-8-19(9-7-18)24(28)13-11-22-5-3-4-15-26-22/h3-10,12,15,17H,2,11,13-14,16H2,1H3. The molecule has 1 aliphatic rings. The molecule has 4 rings (SSSR count). The van der Waals surface area contributed by atoms with Crippen LogP contribution in [0.5, 0.6) is 0 Å². The van der Waals surface area contributed by atoms with E-state index in [1.165, 1.54) is 5.56 Å². The van der Waals surface area contributed by atoms with Crippen molar-refractivity contribution in [2.75, 3.05) is 11.4 Å². The quantitative estimate of drug-likeness (QED) is 0.570. The van der Waals surface area contributed by atoms with Crippen molar-refractivity contribution in [1.82, 2.24) is 4.98 Å². The SMILES string of the molecule is CCC(=O)N1CCc2cc(-c3ccc(C(=O)CCc4ccccn4)cc3)ccc21. The summed E-state index contributed by atoms with van der Waals surface area (Å²) < 4.78 is 0. The Morgan fingerprint density at radius 3 is 2.52 bits per heavy atom. The first-order chi connectivity index (χ1) is 14.2. The molecule has 0 atom stereocenters. The summed E-state index contributed by atoms with van der Waals surface area (Å²) in [6.07, 6.45) is 4.27. The van der Waals surface area contributed by atoms with Gasteiger partial charge in [0.25, 0.3) is 0 Å². The molecule has 1 aliphatic heterocycles. The summed E-state index contributed by atoms with van der Waals surface area (Å²) in [5.41, 5.74) is 6.09. The summed E-state index contributed by atoms with van der Waals surface area (Å²) in [4.78, 5) is 30.7. The second-order valence-electron chi connectivity index (χ2n) is 7.31. The fraction of sp³-hybridized carbons (Fsp3) is 0.240. The van der Waals surface area contributed by atoms with Crippen molar-refractivity contribution < 1.29 is 9.59 Å². The molecule has 1 aromatic heterocycles. The predicted octanol–water partition coefficient (Wildman–Crippen LogP) is 4.86. The molecule has 0 unspecified atom stereocenters. The Kier molecular flexibility index (Phi) is 5.52. The number of anilines is 1. The highest BCUT2D eigenvalue weighted by molar-refractivity contribution is 5.97. The minimum atomic E-state index is 0.130. The lowest BCUT2D eigenvalue weighted by Gasteiger charge is -2.16. The Morgan fingerprint density at radius 1 is 1.00 bits per heavy atom. The highest BCUT2D eigenvalue weighted by Crippen LogP contribution is 2.32. The molecule has 0 spiro atoms. The monoisotopic (exact) mass is 384 g/mol. The van der Waals surface area contributed by atoms with Crippen molar-refractivity contribution >= 4 is 17.4 Å². The van der Waals surface area contributed by atoms with E-state index in [1.807, 2.05) is 60.4 Å². The first-order valence-electron chi connectivity index (χ1n) is 10.1. The molecule has 0 fully saturated rings. The first-order valence-corrected chi connectivity index (χ1v) is 10.1. The first kappa shape index (κ1) is 19.1. The molecule has 0 radical (unpaired) electrons. The van der Waals surface area contributed by atoms with Gasteiger partial charge in [0, 0.05) is 42.5 Å². The van der Waals surface area contributed by atoms with Crippen LogP contribution in [0.1, 0.15) is 41.4 Å². The Balaban J connectivity index is 1.45. The van der Waals surface area contributed by atoms with Gasteiger partial charge in [0.1, 0.15) is 0 Å². The average Bonchev–Trinajstić information content (AvgIpc) is 3.21. The topological polar surface area (TPSA) is 50.3 Å². The van der Waals surface area contributed by atoms with Crippen LogP contribution in [0.3, 0.4) is 0 Å². The van der Waals surface area contributed by atoms with Gasteiger partial charge < -0.3 is 4.90 Å². The predicted molar refractivity (Wildman–Crippen MR) is 115 cm³/mol. The molecule has 0 saturated carbocycles. The fourth-order valence-corrected chi connectivity index (χ4v) is 3.81. The lowest BCUT2D eigenvalue weighted by molar-refractivity contribution is -0.118. The maximum Gasteiger partial charge on any atom is 0.226 e. The zero-order valence-electron chi connectivity index (χ0n) is 16.6. The number of Topliss-reactive ketones (excluding diaryl/α,β-unsaturated/α-hetero) is 1. The molecule has 1 amide bonds. The van der Waals surface area contributed by atoms with E-state index in [-0.39, 0.29) is 11.7 Å². The normalized spacial score (nSPS) is 12.7. The van der Waals surface area contributed by atoms with Crippen LogP contribution in [0.2, 0.25) is 0 Å². The van der Waals surface area contributed by atoms with Gasteiger partial charge in [-0.1, -0.05) is 43.3 Å². The van der Waals surface area contributed by atoms with Gasteiger partial charge in [-0.2, -0.15) is 0 Å². The number of hydrogen-bond acceptors (Lipinski definition) is 3. The Bertz CT molecular complexity index is 1030. The van der Waals surface area contributed by atoms with Crippen LogP contribution in [0, 0.1) is 0 Å². The van der Waals surface area contributed by atoms with E-state index in [4.69, 9.17) is 0 Å². The maximum atomic E-state index is 12.5. The maximum absolute atomic E-state index is 12.5. The van der Waals surface area contributed by atoms with Crippen LogP contribution in [0.15, 0.2) is 66.9 Å². The summed E-state index contributed by atoms with van der Waals surface area (Å²) in [5.74, 6) is 0.301. The molecule has 4 heteroatoms. The van der Waals surface area contributed by atoms with Crippen molar-refractivity contribution in [3.8, 4) is 11.1 Å². The number of pyridine rings is 1. The van der Waals surface area contributed by atoms with Gasteiger partial charge in [0.2, 0.25) is 5.91 Å². The molecule has 29 heavy (non-hydrogen) atoms. The van der Waals surface area contributed by atoms with Crippen LogP contribution in [-0.4, -0.2) is 23.2 Å². The van der Waals surface area contributed by atoms with Gasteiger partial charge in [-0.25, -0.2) is 0 Å². The molecule has 3 aromatic rings. The third-order valence-corrected chi connectivity index (χ3v) is 5.45. The lowest BCUT2D eigenvalue weighted by Crippen LogP contribution is -2.27. The van der Waals surface area contributed by atoms with E-state index in [1.54, 1.807) is 6.20 Å². The van der Waals surface area contributed by atoms with Gasteiger partial charge in [-0.05, 0) is 53.8 Å².